The van der Waals surface area contributed by atoms with E-state index < -0.39 is 19.7 Å². The van der Waals surface area contributed by atoms with Crippen molar-refractivity contribution in [3.8, 4) is 28.3 Å². The number of phosphoric ester groups is 1. The minimum Gasteiger partial charge on any atom is -0.323 e. The number of pyridine rings is 2. The highest BCUT2D eigenvalue weighted by atomic mass is 31.2. The van der Waals surface area contributed by atoms with Crippen molar-refractivity contribution < 1.29 is 23.3 Å². The zero-order valence-corrected chi connectivity index (χ0v) is 22.8. The van der Waals surface area contributed by atoms with Crippen LogP contribution in [0.15, 0.2) is 73.7 Å². The number of nitriles is 1. The number of carbonyl (C=O) groups excluding carboxylic acids is 1. The normalized spacial score (nSPS) is 13.8. The lowest BCUT2D eigenvalue weighted by molar-refractivity contribution is -0.111. The van der Waals surface area contributed by atoms with Crippen molar-refractivity contribution in [3.05, 3.63) is 79.4 Å². The molecule has 200 valence electrons. The smallest absolute Gasteiger partial charge is 0.323 e. The first-order valence-electron chi connectivity index (χ1n) is 12.0. The molecule has 0 saturated carbocycles. The largest absolute Gasteiger partial charge is 0.474 e. The van der Waals surface area contributed by atoms with Crippen molar-refractivity contribution in [1.29, 1.82) is 5.26 Å². The Balaban J connectivity index is 1.83. The quantitative estimate of drug-likeness (QED) is 0.197. The first-order chi connectivity index (χ1) is 18.4. The Labute approximate surface area is 226 Å². The number of aromatic nitrogens is 3. The molecule has 0 aliphatic heterocycles. The van der Waals surface area contributed by atoms with Crippen LogP contribution in [0.2, 0.25) is 0 Å². The number of fused-ring (bicyclic) bond motifs is 1. The van der Waals surface area contributed by atoms with Crippen LogP contribution in [-0.4, -0.2) is 30.9 Å². The zero-order valence-electron chi connectivity index (χ0n) is 22.0. The number of nitrogens with zero attached hydrogens (tertiary/aromatic N) is 4. The molecule has 0 saturated heterocycles. The molecule has 1 amide bonds. The summed E-state index contributed by atoms with van der Waals surface area (Å²) in [5, 5.41) is 12.8. The Morgan fingerprint density at radius 3 is 2.67 bits per heavy atom. The van der Waals surface area contributed by atoms with Gasteiger partial charge in [-0.2, -0.15) is 5.26 Å². The number of benzene rings is 1. The van der Waals surface area contributed by atoms with Gasteiger partial charge in [0.2, 0.25) is 5.91 Å². The van der Waals surface area contributed by atoms with Gasteiger partial charge in [0, 0.05) is 40.8 Å². The summed E-state index contributed by atoms with van der Waals surface area (Å²) in [5.41, 5.74) is 3.43. The molecule has 0 spiro atoms. The number of nitrogens with one attached hydrogen (secondary N) is 1. The van der Waals surface area contributed by atoms with Crippen LogP contribution in [0, 0.1) is 11.3 Å². The van der Waals surface area contributed by atoms with Crippen molar-refractivity contribution in [3.63, 3.8) is 0 Å². The van der Waals surface area contributed by atoms with E-state index >= 15 is 0 Å². The maximum atomic E-state index is 12.7. The summed E-state index contributed by atoms with van der Waals surface area (Å²) in [6, 6.07) is 14.7. The van der Waals surface area contributed by atoms with E-state index in [1.54, 1.807) is 69.1 Å². The predicted molar refractivity (Wildman–Crippen MR) is 148 cm³/mol. The number of carbonyl (C=O) groups is 1. The van der Waals surface area contributed by atoms with Gasteiger partial charge >= 0.3 is 7.82 Å². The van der Waals surface area contributed by atoms with Gasteiger partial charge in [0.25, 0.3) is 0 Å². The maximum absolute atomic E-state index is 12.7. The minimum absolute atomic E-state index is 0.242. The van der Waals surface area contributed by atoms with E-state index in [0.717, 1.165) is 11.1 Å². The molecule has 0 fully saturated rings. The number of hydrogen-bond acceptors (Lipinski definition) is 7. The average molecular weight is 546 g/mol. The van der Waals surface area contributed by atoms with E-state index in [4.69, 9.17) is 9.05 Å². The number of hydrogen-bond donors (Lipinski definition) is 2. The molecule has 0 bridgehead atoms. The van der Waals surface area contributed by atoms with Gasteiger partial charge in [-0.05, 0) is 75.2 Å². The summed E-state index contributed by atoms with van der Waals surface area (Å²) in [6.07, 6.45) is 5.23. The second-order valence-electron chi connectivity index (χ2n) is 9.74. The molecule has 1 aromatic carbocycles. The number of phosphoric acid groups is 1. The Bertz CT molecular complexity index is 1650. The van der Waals surface area contributed by atoms with Crippen LogP contribution in [-0.2, 0) is 18.4 Å². The highest BCUT2D eigenvalue weighted by Gasteiger charge is 2.32. The fourth-order valence-electron chi connectivity index (χ4n) is 4.04. The van der Waals surface area contributed by atoms with Crippen molar-refractivity contribution in [2.45, 2.75) is 39.5 Å². The van der Waals surface area contributed by atoms with Crippen LogP contribution in [0.4, 0.5) is 5.69 Å². The fourth-order valence-corrected chi connectivity index (χ4v) is 5.26. The summed E-state index contributed by atoms with van der Waals surface area (Å²) < 4.78 is 25.0. The molecule has 2 N–H and O–H groups in total. The second-order valence-corrected chi connectivity index (χ2v) is 11.1. The Morgan fingerprint density at radius 1 is 1.21 bits per heavy atom. The monoisotopic (exact) mass is 545 g/mol. The van der Waals surface area contributed by atoms with Crippen molar-refractivity contribution >= 4 is 30.5 Å². The summed E-state index contributed by atoms with van der Waals surface area (Å²) in [7, 11) is -4.41. The molecule has 0 aliphatic carbocycles. The molecule has 4 aromatic rings. The summed E-state index contributed by atoms with van der Waals surface area (Å²) in [6.45, 7) is 10.1. The molecule has 3 aromatic heterocycles. The van der Waals surface area contributed by atoms with E-state index in [-0.39, 0.29) is 11.6 Å². The Morgan fingerprint density at radius 2 is 1.97 bits per heavy atom. The van der Waals surface area contributed by atoms with Gasteiger partial charge in [-0.25, -0.2) is 14.5 Å². The third-order valence-corrected chi connectivity index (χ3v) is 6.92. The van der Waals surface area contributed by atoms with Gasteiger partial charge in [-0.3, -0.25) is 13.8 Å². The molecular formula is C28H28N5O5P. The van der Waals surface area contributed by atoms with Gasteiger partial charge in [-0.1, -0.05) is 18.7 Å². The van der Waals surface area contributed by atoms with E-state index in [1.807, 2.05) is 30.3 Å². The van der Waals surface area contributed by atoms with Crippen molar-refractivity contribution in [2.75, 3.05) is 5.32 Å². The molecule has 2 unspecified atom stereocenters. The summed E-state index contributed by atoms with van der Waals surface area (Å²) in [4.78, 5) is 30.8. The van der Waals surface area contributed by atoms with Gasteiger partial charge in [0.15, 0.2) is 0 Å². The second kappa shape index (κ2) is 10.9. The van der Waals surface area contributed by atoms with Crippen LogP contribution in [0.1, 0.15) is 39.6 Å². The number of anilines is 1. The van der Waals surface area contributed by atoms with Crippen LogP contribution in [0.5, 0.6) is 0 Å². The van der Waals surface area contributed by atoms with Crippen molar-refractivity contribution in [2.24, 2.45) is 0 Å². The van der Waals surface area contributed by atoms with E-state index in [0.29, 0.717) is 27.8 Å². The van der Waals surface area contributed by atoms with Gasteiger partial charge in [0.1, 0.15) is 23.6 Å². The lowest BCUT2D eigenvalue weighted by Gasteiger charge is -2.25. The third-order valence-electron chi connectivity index (χ3n) is 5.57. The van der Waals surface area contributed by atoms with Crippen LogP contribution >= 0.6 is 7.82 Å². The molecule has 4 rings (SSSR count). The van der Waals surface area contributed by atoms with Crippen LogP contribution in [0.25, 0.3) is 33.3 Å². The fraction of sp³-hybridized carbons (Fsp3) is 0.214. The Kier molecular flexibility index (Phi) is 7.82. The lowest BCUT2D eigenvalue weighted by Crippen LogP contribution is -2.19. The molecule has 39 heavy (non-hydrogen) atoms. The lowest BCUT2D eigenvalue weighted by atomic mass is 10.0. The standard InChI is InChI=1S/C28H28N5O5P/c1-6-26(34)32-22-9-7-8-19(12-22)21-14-24-25(20-10-11-30-23(13-20)15-29)17-33(27(24)31-16-21)18(2)37-39(35,36)38-28(3,4)5/h6-14,16-18H,1H2,2-5H3,(H,32,34)(H,35,36). The number of amides is 1. The molecule has 2 atom stereocenters. The zero-order chi connectivity index (χ0) is 28.4. The molecule has 0 aliphatic rings. The topological polar surface area (TPSA) is 139 Å². The first-order valence-corrected chi connectivity index (χ1v) is 13.5. The van der Waals surface area contributed by atoms with Crippen molar-refractivity contribution in [1.82, 2.24) is 14.5 Å². The van der Waals surface area contributed by atoms with Gasteiger partial charge < -0.3 is 14.8 Å². The molecule has 10 nitrogen and oxygen atoms in total. The highest BCUT2D eigenvalue weighted by Crippen LogP contribution is 2.50. The maximum Gasteiger partial charge on any atom is 0.474 e. The highest BCUT2D eigenvalue weighted by molar-refractivity contribution is 7.47. The van der Waals surface area contributed by atoms with E-state index in [9.17, 15) is 19.5 Å². The van der Waals surface area contributed by atoms with Gasteiger partial charge in [0.05, 0.1) is 5.60 Å². The Hall–Kier alpha value is -4.13. The molecule has 0 radical (unpaired) electrons. The van der Waals surface area contributed by atoms with E-state index in [2.05, 4.69) is 21.9 Å². The van der Waals surface area contributed by atoms with Gasteiger partial charge in [-0.15, -0.1) is 0 Å². The first kappa shape index (κ1) is 27.9. The number of rotatable bonds is 8. The SMILES string of the molecule is C=CC(=O)Nc1cccc(-c2cnc3c(c2)c(-c2ccnc(C#N)c2)cn3C(C)OP(=O)(O)OC(C)(C)C)c1. The molecule has 11 heteroatoms. The average Bonchev–Trinajstić information content (AvgIpc) is 3.26. The predicted octanol–water partition coefficient (Wildman–Crippen LogP) is 6.21. The molecular weight excluding hydrogens is 517 g/mol. The van der Waals surface area contributed by atoms with Crippen LogP contribution in [0.3, 0.4) is 0 Å². The summed E-state index contributed by atoms with van der Waals surface area (Å²) >= 11 is 0. The molecule has 3 heterocycles. The van der Waals surface area contributed by atoms with Crippen LogP contribution < -0.4 is 5.32 Å². The third kappa shape index (κ3) is 6.66. The minimum atomic E-state index is -4.41. The summed E-state index contributed by atoms with van der Waals surface area (Å²) in [5.74, 6) is -0.323. The van der Waals surface area contributed by atoms with E-state index in [1.165, 1.54) is 6.08 Å².